The van der Waals surface area contributed by atoms with Gasteiger partial charge in [0.25, 0.3) is 0 Å². The standard InChI is InChI=1S/C31H41N3O8S2.2Na/c1-3-4-5-6-7-8-9-10-11-12-13-14-23-15-17-25(18-16-23)33-34-30-28(44(40,41)42)20-24-19-26(43(37,38)39)21-27(32-22(2)35)29(24)31(30)36;;/h15-21,36H,3-14H2,1-2H3,(H,32,35)(H,37,38,39)(H,40,41,42);;/q;2*+1/p-2. The normalized spacial score (nSPS) is 11.7. The SMILES string of the molecule is CCCCCCCCCCCCCc1ccc(N=Nc2c(S(=O)(=O)[O-])cc3cc(S(=O)(=O)[O-])cc(NC(C)=O)c3c2O)cc1.[Na+].[Na+]. The van der Waals surface area contributed by atoms with E-state index in [0.717, 1.165) is 49.9 Å². The number of carbonyl (C=O) groups is 1. The Labute approximate surface area is 316 Å². The van der Waals surface area contributed by atoms with Crippen LogP contribution in [0, 0.1) is 0 Å². The first-order valence-corrected chi connectivity index (χ1v) is 17.7. The molecule has 0 aliphatic carbocycles. The molecule has 0 saturated heterocycles. The zero-order chi connectivity index (χ0) is 32.3. The van der Waals surface area contributed by atoms with Crippen LogP contribution in [0.2, 0.25) is 0 Å². The molecule has 0 radical (unpaired) electrons. The molecule has 0 aromatic heterocycles. The van der Waals surface area contributed by atoms with Gasteiger partial charge in [-0.2, -0.15) is 5.11 Å². The second-order valence-electron chi connectivity index (χ2n) is 10.9. The average Bonchev–Trinajstić information content (AvgIpc) is 2.94. The van der Waals surface area contributed by atoms with E-state index in [1.807, 2.05) is 12.1 Å². The Morgan fingerprint density at radius 1 is 0.783 bits per heavy atom. The van der Waals surface area contributed by atoms with Crippen LogP contribution in [0.1, 0.15) is 90.0 Å². The summed E-state index contributed by atoms with van der Waals surface area (Å²) in [7, 11) is -10.3. The van der Waals surface area contributed by atoms with Crippen LogP contribution in [0.25, 0.3) is 10.8 Å². The van der Waals surface area contributed by atoms with Crippen molar-refractivity contribution in [3.05, 3.63) is 48.0 Å². The van der Waals surface area contributed by atoms with Gasteiger partial charge in [0.15, 0.2) is 5.75 Å². The number of hydrogen-bond donors (Lipinski definition) is 2. The fraction of sp³-hybridized carbons (Fsp3) is 0.452. The van der Waals surface area contributed by atoms with Gasteiger partial charge in [-0.25, -0.2) is 16.8 Å². The quantitative estimate of drug-likeness (QED) is 0.0924. The van der Waals surface area contributed by atoms with Crippen LogP contribution in [0.4, 0.5) is 17.1 Å². The number of rotatable bonds is 17. The molecule has 0 aliphatic rings. The molecule has 46 heavy (non-hydrogen) atoms. The van der Waals surface area contributed by atoms with Gasteiger partial charge < -0.3 is 19.5 Å². The molecule has 11 nitrogen and oxygen atoms in total. The van der Waals surface area contributed by atoms with E-state index in [2.05, 4.69) is 22.5 Å². The summed E-state index contributed by atoms with van der Waals surface area (Å²) >= 11 is 0. The van der Waals surface area contributed by atoms with Crippen molar-refractivity contribution in [1.29, 1.82) is 0 Å². The Balaban J connectivity index is 0.00000529. The Bertz CT molecular complexity index is 1700. The minimum atomic E-state index is -5.25. The summed E-state index contributed by atoms with van der Waals surface area (Å²) in [6.45, 7) is 3.34. The van der Waals surface area contributed by atoms with E-state index in [4.69, 9.17) is 0 Å². The molecule has 2 N–H and O–H groups in total. The molecule has 3 aromatic rings. The summed E-state index contributed by atoms with van der Waals surface area (Å²) in [5.41, 5.74) is 0.443. The maximum Gasteiger partial charge on any atom is 1.00 e. The number of anilines is 1. The molecule has 0 saturated carbocycles. The maximum absolute atomic E-state index is 12.1. The predicted octanol–water partition coefficient (Wildman–Crippen LogP) is 1.59. The van der Waals surface area contributed by atoms with Crippen molar-refractivity contribution in [3.63, 3.8) is 0 Å². The second-order valence-corrected chi connectivity index (χ2v) is 13.6. The average molecular weight is 692 g/mol. The first-order valence-electron chi connectivity index (χ1n) is 14.8. The zero-order valence-corrected chi connectivity index (χ0v) is 32.7. The van der Waals surface area contributed by atoms with Crippen molar-refractivity contribution in [2.75, 3.05) is 5.32 Å². The predicted molar refractivity (Wildman–Crippen MR) is 167 cm³/mol. The molecule has 0 aliphatic heterocycles. The third kappa shape index (κ3) is 13.3. The Morgan fingerprint density at radius 3 is 1.83 bits per heavy atom. The Kier molecular flexibility index (Phi) is 18.7. The Hall–Kier alpha value is -1.39. The summed E-state index contributed by atoms with van der Waals surface area (Å²) in [5.74, 6) is -1.50. The summed E-state index contributed by atoms with van der Waals surface area (Å²) in [6.07, 6.45) is 14.7. The fourth-order valence-electron chi connectivity index (χ4n) is 5.01. The van der Waals surface area contributed by atoms with Gasteiger partial charge in [0.1, 0.15) is 25.9 Å². The monoisotopic (exact) mass is 691 g/mol. The van der Waals surface area contributed by atoms with Crippen LogP contribution in [0.15, 0.2) is 62.5 Å². The van der Waals surface area contributed by atoms with E-state index in [0.29, 0.717) is 5.69 Å². The number of aryl methyl sites for hydroxylation is 1. The van der Waals surface area contributed by atoms with Gasteiger partial charge in [0.05, 0.1) is 21.2 Å². The first kappa shape index (κ1) is 42.6. The molecule has 0 heterocycles. The third-order valence-corrected chi connectivity index (χ3v) is 8.93. The molecule has 0 atom stereocenters. The number of nitrogens with one attached hydrogen (secondary N) is 1. The largest absolute Gasteiger partial charge is 1.00 e. The molecule has 240 valence electrons. The number of fused-ring (bicyclic) bond motifs is 1. The number of phenols is 1. The Morgan fingerprint density at radius 2 is 1.33 bits per heavy atom. The molecule has 15 heteroatoms. The topological polar surface area (TPSA) is 188 Å². The number of carbonyl (C=O) groups excluding carboxylic acids is 1. The van der Waals surface area contributed by atoms with Crippen LogP contribution in [0.5, 0.6) is 5.75 Å². The second kappa shape index (κ2) is 20.2. The number of unbranched alkanes of at least 4 members (excludes halogenated alkanes) is 10. The van der Waals surface area contributed by atoms with Crippen LogP contribution in [-0.4, -0.2) is 37.0 Å². The third-order valence-electron chi connectivity index (χ3n) is 7.26. The molecule has 3 aromatic carbocycles. The van der Waals surface area contributed by atoms with Gasteiger partial charge in [0.2, 0.25) is 5.91 Å². The number of amides is 1. The van der Waals surface area contributed by atoms with E-state index >= 15 is 0 Å². The first-order chi connectivity index (χ1) is 20.8. The molecular formula is C31H39N3Na2O8S2. The van der Waals surface area contributed by atoms with E-state index in [-0.39, 0.29) is 75.6 Å². The van der Waals surface area contributed by atoms with Crippen LogP contribution < -0.4 is 64.4 Å². The van der Waals surface area contributed by atoms with Crippen LogP contribution in [-0.2, 0) is 31.5 Å². The van der Waals surface area contributed by atoms with Crippen LogP contribution >= 0.6 is 0 Å². The maximum atomic E-state index is 12.1. The van der Waals surface area contributed by atoms with Gasteiger partial charge in [-0.15, -0.1) is 5.11 Å². The minimum Gasteiger partial charge on any atom is -0.744 e. The molecule has 0 unspecified atom stereocenters. The summed E-state index contributed by atoms with van der Waals surface area (Å²) in [6, 6.07) is 9.50. The van der Waals surface area contributed by atoms with E-state index in [1.54, 1.807) is 12.1 Å². The molecule has 0 fully saturated rings. The van der Waals surface area contributed by atoms with Crippen molar-refractivity contribution in [2.24, 2.45) is 10.2 Å². The fourth-order valence-corrected chi connectivity index (χ4v) is 6.19. The van der Waals surface area contributed by atoms with Crippen molar-refractivity contribution < 1.29 is 95.0 Å². The van der Waals surface area contributed by atoms with E-state index < -0.39 is 47.4 Å². The van der Waals surface area contributed by atoms with Crippen LogP contribution in [0.3, 0.4) is 0 Å². The molecule has 3 rings (SSSR count). The number of benzene rings is 3. The van der Waals surface area contributed by atoms with Gasteiger partial charge in [-0.3, -0.25) is 4.79 Å². The van der Waals surface area contributed by atoms with Crippen molar-refractivity contribution >= 4 is 54.0 Å². The number of azo groups is 1. The van der Waals surface area contributed by atoms with Gasteiger partial charge >= 0.3 is 59.1 Å². The van der Waals surface area contributed by atoms with Crippen molar-refractivity contribution in [2.45, 2.75) is 101 Å². The summed E-state index contributed by atoms with van der Waals surface area (Å²) in [4.78, 5) is 9.96. The van der Waals surface area contributed by atoms with Crippen molar-refractivity contribution in [3.8, 4) is 5.75 Å². The summed E-state index contributed by atoms with van der Waals surface area (Å²) < 4.78 is 71.2. The number of hydrogen-bond acceptors (Lipinski definition) is 10. The van der Waals surface area contributed by atoms with Gasteiger partial charge in [0, 0.05) is 12.3 Å². The van der Waals surface area contributed by atoms with E-state index in [1.165, 1.54) is 57.8 Å². The molecule has 0 spiro atoms. The number of phenolic OH excluding ortho intramolecular Hbond substituents is 1. The zero-order valence-electron chi connectivity index (χ0n) is 27.0. The summed E-state index contributed by atoms with van der Waals surface area (Å²) in [5, 5.41) is 20.6. The molecular weight excluding hydrogens is 652 g/mol. The van der Waals surface area contributed by atoms with Gasteiger partial charge in [-0.1, -0.05) is 83.3 Å². The number of nitrogens with zero attached hydrogens (tertiary/aromatic N) is 2. The van der Waals surface area contributed by atoms with E-state index in [9.17, 15) is 35.8 Å². The molecule has 1 amide bonds. The molecule has 0 bridgehead atoms. The smallest absolute Gasteiger partial charge is 0.744 e. The van der Waals surface area contributed by atoms with Crippen molar-refractivity contribution in [1.82, 2.24) is 0 Å². The number of aromatic hydroxyl groups is 1. The van der Waals surface area contributed by atoms with Gasteiger partial charge in [-0.05, 0) is 54.1 Å². The minimum absolute atomic E-state index is 0.